The van der Waals surface area contributed by atoms with Gasteiger partial charge in [-0.15, -0.1) is 0 Å². The number of fused-ring (bicyclic) bond motifs is 1. The highest BCUT2D eigenvalue weighted by Crippen LogP contribution is 2.44. The molecule has 2 fully saturated rings. The quantitative estimate of drug-likeness (QED) is 0.788. The number of aryl methyl sites for hydroxylation is 1. The summed E-state index contributed by atoms with van der Waals surface area (Å²) in [5, 5.41) is 9.78. The van der Waals surface area contributed by atoms with Crippen molar-refractivity contribution in [3.05, 3.63) is 35.9 Å². The van der Waals surface area contributed by atoms with Crippen LogP contribution >= 0.6 is 0 Å². The van der Waals surface area contributed by atoms with Gasteiger partial charge in [-0.25, -0.2) is 12.7 Å². The average Bonchev–Trinajstić information content (AvgIpc) is 3.16. The van der Waals surface area contributed by atoms with Crippen LogP contribution in [0, 0.1) is 11.3 Å². The first-order valence-electron chi connectivity index (χ1n) is 8.81. The Labute approximate surface area is 153 Å². The van der Waals surface area contributed by atoms with Gasteiger partial charge in [-0.1, -0.05) is 30.3 Å². The summed E-state index contributed by atoms with van der Waals surface area (Å²) in [6, 6.07) is 9.67. The first-order chi connectivity index (χ1) is 12.3. The fourth-order valence-corrected chi connectivity index (χ4v) is 5.16. The van der Waals surface area contributed by atoms with Crippen molar-refractivity contribution in [3.63, 3.8) is 0 Å². The standard InChI is InChI=1S/C18H24N2O5S/c1-2-26(24,25)20-11-15-10-19(12-18(15,13-20)17(22)23)16(21)9-8-14-6-4-3-5-7-14/h3-7,15H,2,8-13H2,1H3,(H,22,23)/t15?,18-/m0/s1. The summed E-state index contributed by atoms with van der Waals surface area (Å²) in [5.74, 6) is -1.50. The van der Waals surface area contributed by atoms with Crippen LogP contribution in [0.1, 0.15) is 18.9 Å². The van der Waals surface area contributed by atoms with E-state index in [1.54, 1.807) is 11.8 Å². The molecule has 2 heterocycles. The van der Waals surface area contributed by atoms with E-state index in [0.717, 1.165) is 5.56 Å². The van der Waals surface area contributed by atoms with Crippen molar-refractivity contribution in [3.8, 4) is 0 Å². The van der Waals surface area contributed by atoms with Gasteiger partial charge in [0.2, 0.25) is 15.9 Å². The molecular formula is C18H24N2O5S. The number of hydrogen-bond acceptors (Lipinski definition) is 4. The van der Waals surface area contributed by atoms with Crippen LogP contribution < -0.4 is 0 Å². The molecule has 0 aromatic heterocycles. The van der Waals surface area contributed by atoms with Crippen molar-refractivity contribution in [2.75, 3.05) is 31.9 Å². The smallest absolute Gasteiger partial charge is 0.313 e. The lowest BCUT2D eigenvalue weighted by molar-refractivity contribution is -0.149. The van der Waals surface area contributed by atoms with Gasteiger partial charge in [-0.2, -0.15) is 0 Å². The molecule has 0 aliphatic carbocycles. The predicted octanol–water partition coefficient (Wildman–Crippen LogP) is 0.814. The van der Waals surface area contributed by atoms with E-state index in [4.69, 9.17) is 0 Å². The molecule has 2 atom stereocenters. The molecule has 1 aromatic rings. The maximum atomic E-state index is 12.6. The van der Waals surface area contributed by atoms with Gasteiger partial charge in [-0.05, 0) is 18.9 Å². The highest BCUT2D eigenvalue weighted by Gasteiger charge is 2.60. The number of likely N-dealkylation sites (tertiary alicyclic amines) is 1. The van der Waals surface area contributed by atoms with Crippen LogP contribution in [0.25, 0.3) is 0 Å². The van der Waals surface area contributed by atoms with Gasteiger partial charge in [0.1, 0.15) is 5.41 Å². The molecule has 2 aliphatic heterocycles. The second kappa shape index (κ2) is 7.00. The zero-order valence-electron chi connectivity index (χ0n) is 14.8. The monoisotopic (exact) mass is 380 g/mol. The van der Waals surface area contributed by atoms with Crippen molar-refractivity contribution in [2.45, 2.75) is 19.8 Å². The van der Waals surface area contributed by atoms with Gasteiger partial charge in [0.25, 0.3) is 0 Å². The minimum Gasteiger partial charge on any atom is -0.481 e. The van der Waals surface area contributed by atoms with Gasteiger partial charge in [0.15, 0.2) is 0 Å². The summed E-state index contributed by atoms with van der Waals surface area (Å²) >= 11 is 0. The van der Waals surface area contributed by atoms with E-state index in [0.29, 0.717) is 19.4 Å². The fraction of sp³-hybridized carbons (Fsp3) is 0.556. The Morgan fingerprint density at radius 3 is 2.46 bits per heavy atom. The van der Waals surface area contributed by atoms with Crippen molar-refractivity contribution in [1.82, 2.24) is 9.21 Å². The van der Waals surface area contributed by atoms with Gasteiger partial charge in [0.05, 0.1) is 5.75 Å². The van der Waals surface area contributed by atoms with E-state index in [-0.39, 0.29) is 37.2 Å². The molecule has 7 nitrogen and oxygen atoms in total. The molecule has 1 aromatic carbocycles. The molecule has 0 spiro atoms. The molecule has 0 radical (unpaired) electrons. The summed E-state index contributed by atoms with van der Waals surface area (Å²) in [7, 11) is -3.43. The lowest BCUT2D eigenvalue weighted by Crippen LogP contribution is -2.43. The molecule has 3 rings (SSSR count). The lowest BCUT2D eigenvalue weighted by Gasteiger charge is -2.25. The Balaban J connectivity index is 1.68. The summed E-state index contributed by atoms with van der Waals surface area (Å²) in [6.07, 6.45) is 0.931. The molecule has 0 saturated carbocycles. The number of benzene rings is 1. The second-order valence-electron chi connectivity index (χ2n) is 7.11. The van der Waals surface area contributed by atoms with E-state index in [1.807, 2.05) is 30.3 Å². The summed E-state index contributed by atoms with van der Waals surface area (Å²) in [5.41, 5.74) is -0.126. The SMILES string of the molecule is CCS(=O)(=O)N1CC2CN(C(=O)CCc3ccccc3)C[C@]2(C(=O)O)C1. The number of amides is 1. The lowest BCUT2D eigenvalue weighted by atomic mass is 9.81. The third-order valence-corrected chi connectivity index (χ3v) is 7.38. The molecular weight excluding hydrogens is 356 g/mol. The van der Waals surface area contributed by atoms with E-state index < -0.39 is 21.4 Å². The molecule has 142 valence electrons. The highest BCUT2D eigenvalue weighted by molar-refractivity contribution is 7.89. The van der Waals surface area contributed by atoms with E-state index in [1.165, 1.54) is 4.31 Å². The van der Waals surface area contributed by atoms with Crippen molar-refractivity contribution in [2.24, 2.45) is 11.3 Å². The van der Waals surface area contributed by atoms with Crippen LogP contribution in [-0.2, 0) is 26.0 Å². The number of sulfonamides is 1. The van der Waals surface area contributed by atoms with Crippen LogP contribution in [0.4, 0.5) is 0 Å². The third kappa shape index (κ3) is 3.35. The minimum atomic E-state index is -3.43. The molecule has 1 amide bonds. The van der Waals surface area contributed by atoms with Crippen LogP contribution in [0.2, 0.25) is 0 Å². The van der Waals surface area contributed by atoms with E-state index in [9.17, 15) is 23.1 Å². The number of hydrogen-bond donors (Lipinski definition) is 1. The number of rotatable bonds is 6. The largest absolute Gasteiger partial charge is 0.481 e. The first-order valence-corrected chi connectivity index (χ1v) is 10.4. The van der Waals surface area contributed by atoms with Crippen LogP contribution in [0.3, 0.4) is 0 Å². The third-order valence-electron chi connectivity index (χ3n) is 5.58. The zero-order valence-corrected chi connectivity index (χ0v) is 15.6. The first kappa shape index (κ1) is 18.8. The predicted molar refractivity (Wildman–Crippen MR) is 95.9 cm³/mol. The zero-order chi connectivity index (χ0) is 18.9. The van der Waals surface area contributed by atoms with Crippen LogP contribution in [0.5, 0.6) is 0 Å². The highest BCUT2D eigenvalue weighted by atomic mass is 32.2. The maximum absolute atomic E-state index is 12.6. The second-order valence-corrected chi connectivity index (χ2v) is 9.37. The Kier molecular flexibility index (Phi) is 5.07. The molecule has 1 N–H and O–H groups in total. The molecule has 0 bridgehead atoms. The number of nitrogens with zero attached hydrogens (tertiary/aromatic N) is 2. The van der Waals surface area contributed by atoms with Gasteiger partial charge >= 0.3 is 5.97 Å². The Morgan fingerprint density at radius 1 is 1.19 bits per heavy atom. The van der Waals surface area contributed by atoms with Gasteiger partial charge in [0, 0.05) is 38.5 Å². The summed E-state index contributed by atoms with van der Waals surface area (Å²) < 4.78 is 25.5. The van der Waals surface area contributed by atoms with Gasteiger partial charge < -0.3 is 10.0 Å². The summed E-state index contributed by atoms with van der Waals surface area (Å²) in [4.78, 5) is 26.1. The Morgan fingerprint density at radius 2 is 1.88 bits per heavy atom. The van der Waals surface area contributed by atoms with Crippen molar-refractivity contribution < 1.29 is 23.1 Å². The number of carbonyl (C=O) groups excluding carboxylic acids is 1. The molecule has 26 heavy (non-hydrogen) atoms. The van der Waals surface area contributed by atoms with Crippen LogP contribution in [0.15, 0.2) is 30.3 Å². The molecule has 2 saturated heterocycles. The normalized spacial score (nSPS) is 26.0. The number of carboxylic acids is 1. The van der Waals surface area contributed by atoms with Crippen LogP contribution in [-0.4, -0.2) is 66.5 Å². The van der Waals surface area contributed by atoms with E-state index >= 15 is 0 Å². The molecule has 2 aliphatic rings. The van der Waals surface area contributed by atoms with Crippen molar-refractivity contribution >= 4 is 21.9 Å². The minimum absolute atomic E-state index is 0.0465. The molecule has 8 heteroatoms. The topological polar surface area (TPSA) is 95.0 Å². The van der Waals surface area contributed by atoms with Gasteiger partial charge in [-0.3, -0.25) is 9.59 Å². The molecule has 1 unspecified atom stereocenters. The summed E-state index contributed by atoms with van der Waals surface area (Å²) in [6.45, 7) is 2.05. The Hall–Kier alpha value is -1.93. The Bertz CT molecular complexity index is 795. The van der Waals surface area contributed by atoms with E-state index in [2.05, 4.69) is 0 Å². The number of carboxylic acid groups (broad SMARTS) is 1. The average molecular weight is 380 g/mol. The number of carbonyl (C=O) groups is 2. The number of aliphatic carboxylic acids is 1. The van der Waals surface area contributed by atoms with Crippen molar-refractivity contribution in [1.29, 1.82) is 0 Å². The fourth-order valence-electron chi connectivity index (χ4n) is 3.96. The maximum Gasteiger partial charge on any atom is 0.313 e.